The molecule has 0 aliphatic heterocycles. The third-order valence-electron chi connectivity index (χ3n) is 3.42. The van der Waals surface area contributed by atoms with Gasteiger partial charge in [-0.3, -0.25) is 4.79 Å². The largest absolute Gasteiger partial charge is 0.345 e. The number of rotatable bonds is 5. The lowest BCUT2D eigenvalue weighted by Crippen LogP contribution is -2.29. The monoisotopic (exact) mass is 299 g/mol. The van der Waals surface area contributed by atoms with Gasteiger partial charge in [0.25, 0.3) is 0 Å². The standard InChI is InChI=1S/C18H21NOS/c1-13(2)18(16-9-6-12-21-16)19-17(20)11-10-15-8-5-4-7-14(15)3/h4-13,18H,1-3H3,(H,19,20)/b11-10+/t18-/m1/s1. The summed E-state index contributed by atoms with van der Waals surface area (Å²) < 4.78 is 0. The van der Waals surface area contributed by atoms with E-state index in [0.717, 1.165) is 5.56 Å². The molecule has 0 radical (unpaired) electrons. The number of nitrogens with one attached hydrogen (secondary N) is 1. The number of carbonyl (C=O) groups excluding carboxylic acids is 1. The summed E-state index contributed by atoms with van der Waals surface area (Å²) in [6.07, 6.45) is 3.49. The molecule has 0 unspecified atom stereocenters. The highest BCUT2D eigenvalue weighted by atomic mass is 32.1. The lowest BCUT2D eigenvalue weighted by atomic mass is 10.0. The first-order chi connectivity index (χ1) is 10.1. The summed E-state index contributed by atoms with van der Waals surface area (Å²) >= 11 is 1.68. The maximum atomic E-state index is 12.1. The molecule has 2 nitrogen and oxygen atoms in total. The number of carbonyl (C=O) groups is 1. The highest BCUT2D eigenvalue weighted by Gasteiger charge is 2.17. The summed E-state index contributed by atoms with van der Waals surface area (Å²) in [5.74, 6) is 0.310. The third-order valence-corrected chi connectivity index (χ3v) is 4.37. The van der Waals surface area contributed by atoms with Gasteiger partial charge in [-0.05, 0) is 41.5 Å². The van der Waals surface area contributed by atoms with Crippen molar-refractivity contribution >= 4 is 23.3 Å². The summed E-state index contributed by atoms with van der Waals surface area (Å²) in [5, 5.41) is 5.13. The average Bonchev–Trinajstić information content (AvgIpc) is 2.97. The molecular formula is C18H21NOS. The smallest absolute Gasteiger partial charge is 0.244 e. The maximum Gasteiger partial charge on any atom is 0.244 e. The molecule has 0 saturated carbocycles. The minimum absolute atomic E-state index is 0.0506. The average molecular weight is 299 g/mol. The summed E-state index contributed by atoms with van der Waals surface area (Å²) in [5.41, 5.74) is 2.24. The Bertz CT molecular complexity index is 614. The molecule has 3 heteroatoms. The van der Waals surface area contributed by atoms with Gasteiger partial charge < -0.3 is 5.32 Å². The molecule has 0 fully saturated rings. The lowest BCUT2D eigenvalue weighted by molar-refractivity contribution is -0.117. The van der Waals surface area contributed by atoms with Crippen molar-refractivity contribution < 1.29 is 4.79 Å². The van der Waals surface area contributed by atoms with E-state index in [-0.39, 0.29) is 11.9 Å². The van der Waals surface area contributed by atoms with Gasteiger partial charge in [0.05, 0.1) is 6.04 Å². The Hall–Kier alpha value is -1.87. The zero-order valence-corrected chi connectivity index (χ0v) is 13.5. The molecule has 1 atom stereocenters. The van der Waals surface area contributed by atoms with Gasteiger partial charge >= 0.3 is 0 Å². The Morgan fingerprint density at radius 3 is 2.57 bits per heavy atom. The second-order valence-corrected chi connectivity index (χ2v) is 6.41. The summed E-state index contributed by atoms with van der Waals surface area (Å²) in [6, 6.07) is 12.2. The maximum absolute atomic E-state index is 12.1. The zero-order valence-electron chi connectivity index (χ0n) is 12.7. The third kappa shape index (κ3) is 4.30. The SMILES string of the molecule is Cc1ccccc1/C=C/C(=O)N[C@@H](c1cccs1)C(C)C. The fraction of sp³-hybridized carbons (Fsp3) is 0.278. The van der Waals surface area contributed by atoms with E-state index in [1.807, 2.05) is 48.7 Å². The van der Waals surface area contributed by atoms with Crippen molar-refractivity contribution in [2.24, 2.45) is 5.92 Å². The zero-order chi connectivity index (χ0) is 15.2. The lowest BCUT2D eigenvalue weighted by Gasteiger charge is -2.20. The van der Waals surface area contributed by atoms with Crippen molar-refractivity contribution in [1.29, 1.82) is 0 Å². The van der Waals surface area contributed by atoms with Crippen molar-refractivity contribution in [1.82, 2.24) is 5.32 Å². The molecule has 0 aliphatic carbocycles. The molecule has 0 aliphatic rings. The fourth-order valence-electron chi connectivity index (χ4n) is 2.18. The van der Waals surface area contributed by atoms with Crippen LogP contribution in [-0.2, 0) is 4.79 Å². The van der Waals surface area contributed by atoms with Crippen LogP contribution in [0.4, 0.5) is 0 Å². The van der Waals surface area contributed by atoms with Crippen LogP contribution in [-0.4, -0.2) is 5.91 Å². The first-order valence-electron chi connectivity index (χ1n) is 7.15. The molecule has 2 rings (SSSR count). The van der Waals surface area contributed by atoms with Gasteiger partial charge in [0.1, 0.15) is 0 Å². The predicted octanol–water partition coefficient (Wildman–Crippen LogP) is 4.58. The molecule has 1 amide bonds. The van der Waals surface area contributed by atoms with Crippen molar-refractivity contribution in [3.05, 3.63) is 63.9 Å². The van der Waals surface area contributed by atoms with Crippen LogP contribution in [0.3, 0.4) is 0 Å². The van der Waals surface area contributed by atoms with Crippen LogP contribution < -0.4 is 5.32 Å². The highest BCUT2D eigenvalue weighted by Crippen LogP contribution is 2.25. The fourth-order valence-corrected chi connectivity index (χ4v) is 3.12. The first-order valence-corrected chi connectivity index (χ1v) is 8.03. The van der Waals surface area contributed by atoms with E-state index in [2.05, 4.69) is 25.2 Å². The first kappa shape index (κ1) is 15.5. The Kier molecular flexibility index (Phi) is 5.34. The Balaban J connectivity index is 2.05. The minimum Gasteiger partial charge on any atom is -0.345 e. The van der Waals surface area contributed by atoms with E-state index in [1.54, 1.807) is 17.4 Å². The van der Waals surface area contributed by atoms with Gasteiger partial charge in [-0.1, -0.05) is 44.2 Å². The number of hydrogen-bond donors (Lipinski definition) is 1. The number of benzene rings is 1. The molecule has 1 N–H and O–H groups in total. The molecule has 0 saturated heterocycles. The minimum atomic E-state index is -0.0506. The van der Waals surface area contributed by atoms with E-state index < -0.39 is 0 Å². The summed E-state index contributed by atoms with van der Waals surface area (Å²) in [7, 11) is 0. The van der Waals surface area contributed by atoms with Gasteiger partial charge in [-0.25, -0.2) is 0 Å². The van der Waals surface area contributed by atoms with E-state index in [0.29, 0.717) is 5.92 Å². The van der Waals surface area contributed by atoms with Gasteiger partial charge in [0, 0.05) is 11.0 Å². The van der Waals surface area contributed by atoms with Crippen molar-refractivity contribution in [2.75, 3.05) is 0 Å². The Morgan fingerprint density at radius 2 is 1.95 bits per heavy atom. The number of aryl methyl sites for hydroxylation is 1. The van der Waals surface area contributed by atoms with Crippen molar-refractivity contribution in [3.63, 3.8) is 0 Å². The van der Waals surface area contributed by atoms with Crippen LogP contribution in [0, 0.1) is 12.8 Å². The number of hydrogen-bond acceptors (Lipinski definition) is 2. The van der Waals surface area contributed by atoms with Crippen molar-refractivity contribution in [2.45, 2.75) is 26.8 Å². The van der Waals surface area contributed by atoms with Crippen molar-refractivity contribution in [3.8, 4) is 0 Å². The topological polar surface area (TPSA) is 29.1 Å². The Labute approximate surface area is 130 Å². The summed E-state index contributed by atoms with van der Waals surface area (Å²) in [6.45, 7) is 6.28. The van der Waals surface area contributed by atoms with Crippen LogP contribution in [0.5, 0.6) is 0 Å². The summed E-state index contributed by atoms with van der Waals surface area (Å²) in [4.78, 5) is 13.3. The van der Waals surface area contributed by atoms with Crippen LogP contribution in [0.25, 0.3) is 6.08 Å². The van der Waals surface area contributed by atoms with E-state index in [9.17, 15) is 4.79 Å². The molecule has 110 valence electrons. The molecule has 1 heterocycles. The second kappa shape index (κ2) is 7.23. The number of amides is 1. The molecule has 0 spiro atoms. The van der Waals surface area contributed by atoms with Gasteiger partial charge in [-0.2, -0.15) is 0 Å². The van der Waals surface area contributed by atoms with Crippen LogP contribution in [0.15, 0.2) is 47.9 Å². The van der Waals surface area contributed by atoms with Crippen LogP contribution in [0.1, 0.15) is 35.9 Å². The second-order valence-electron chi connectivity index (χ2n) is 5.44. The van der Waals surface area contributed by atoms with E-state index in [1.165, 1.54) is 10.4 Å². The molecule has 21 heavy (non-hydrogen) atoms. The highest BCUT2D eigenvalue weighted by molar-refractivity contribution is 7.10. The van der Waals surface area contributed by atoms with E-state index in [4.69, 9.17) is 0 Å². The molecule has 1 aromatic carbocycles. The number of thiophene rings is 1. The normalized spacial score (nSPS) is 12.8. The van der Waals surface area contributed by atoms with Crippen LogP contribution in [0.2, 0.25) is 0 Å². The van der Waals surface area contributed by atoms with Gasteiger partial charge in [0.15, 0.2) is 0 Å². The molecule has 0 bridgehead atoms. The van der Waals surface area contributed by atoms with Crippen LogP contribution >= 0.6 is 11.3 Å². The van der Waals surface area contributed by atoms with Gasteiger partial charge in [-0.15, -0.1) is 11.3 Å². The van der Waals surface area contributed by atoms with E-state index >= 15 is 0 Å². The van der Waals surface area contributed by atoms with Gasteiger partial charge in [0.2, 0.25) is 5.91 Å². The molecule has 2 aromatic rings. The Morgan fingerprint density at radius 1 is 1.19 bits per heavy atom. The molecular weight excluding hydrogens is 278 g/mol. The molecule has 1 aromatic heterocycles. The quantitative estimate of drug-likeness (QED) is 0.804. The predicted molar refractivity (Wildman–Crippen MR) is 90.3 cm³/mol.